The molecule has 1 aromatic carbocycles. The molecule has 0 radical (unpaired) electrons. The fourth-order valence-corrected chi connectivity index (χ4v) is 7.50. The van der Waals surface area contributed by atoms with E-state index in [4.69, 9.17) is 9.47 Å². The molecule has 1 N–H and O–H groups in total. The average molecular weight is 507 g/mol. The van der Waals surface area contributed by atoms with E-state index < -0.39 is 22.8 Å². The number of esters is 2. The Labute approximate surface area is 216 Å². The van der Waals surface area contributed by atoms with E-state index in [1.165, 1.54) is 18.8 Å². The summed E-state index contributed by atoms with van der Waals surface area (Å²) in [4.78, 5) is 51.7. The molecule has 4 aliphatic carbocycles. The SMILES string of the molecule is COC(=O)[C@H](Cc1ccc(-c2cccn(C)c2=O)cc1)NC(=O)C12CC3CC(C1)CC(C(=O)OC)(C3)C2. The first-order valence-corrected chi connectivity index (χ1v) is 12.9. The molecule has 2 unspecified atom stereocenters. The molecule has 2 aromatic rings. The number of amides is 1. The number of benzene rings is 1. The fourth-order valence-electron chi connectivity index (χ4n) is 7.50. The first-order valence-electron chi connectivity index (χ1n) is 12.9. The zero-order valence-electron chi connectivity index (χ0n) is 21.6. The third kappa shape index (κ3) is 4.47. The van der Waals surface area contributed by atoms with Crippen molar-refractivity contribution in [3.05, 3.63) is 58.5 Å². The van der Waals surface area contributed by atoms with Gasteiger partial charge >= 0.3 is 11.9 Å². The Hall–Kier alpha value is -3.42. The standard InChI is InChI=1S/C29H34N2O6/c1-31-10-4-5-22(24(31)32)21-8-6-18(7-9-21)12-23(25(33)36-2)30-26(34)28-13-19-11-20(14-28)16-29(15-19,17-28)27(35)37-3/h4-10,19-20,23H,11-17H2,1-3H3,(H,30,34)/t19?,20?,23-,28?,29?/m0/s1. The molecular weight excluding hydrogens is 472 g/mol. The smallest absolute Gasteiger partial charge is 0.328 e. The summed E-state index contributed by atoms with van der Waals surface area (Å²) in [6, 6.07) is 10.2. The Morgan fingerprint density at radius 3 is 2.27 bits per heavy atom. The van der Waals surface area contributed by atoms with Gasteiger partial charge in [-0.25, -0.2) is 4.79 Å². The number of carbonyl (C=O) groups excluding carboxylic acids is 3. The van der Waals surface area contributed by atoms with Gasteiger partial charge in [-0.1, -0.05) is 24.3 Å². The van der Waals surface area contributed by atoms with Crippen molar-refractivity contribution in [2.75, 3.05) is 14.2 Å². The van der Waals surface area contributed by atoms with Gasteiger partial charge in [-0.3, -0.25) is 14.4 Å². The lowest BCUT2D eigenvalue weighted by atomic mass is 9.44. The minimum absolute atomic E-state index is 0.0877. The van der Waals surface area contributed by atoms with Crippen molar-refractivity contribution in [2.24, 2.45) is 29.7 Å². The molecule has 4 bridgehead atoms. The van der Waals surface area contributed by atoms with Gasteiger partial charge < -0.3 is 19.4 Å². The predicted octanol–water partition coefficient (Wildman–Crippen LogP) is 3.01. The van der Waals surface area contributed by atoms with E-state index in [2.05, 4.69) is 5.32 Å². The zero-order chi connectivity index (χ0) is 26.4. The van der Waals surface area contributed by atoms with Crippen molar-refractivity contribution in [1.82, 2.24) is 9.88 Å². The topological polar surface area (TPSA) is 104 Å². The summed E-state index contributed by atoms with van der Waals surface area (Å²) in [5.74, 6) is -0.255. The largest absolute Gasteiger partial charge is 0.469 e. The molecule has 3 atom stereocenters. The average Bonchev–Trinajstić information content (AvgIpc) is 2.88. The summed E-state index contributed by atoms with van der Waals surface area (Å²) in [5.41, 5.74) is 0.864. The zero-order valence-corrected chi connectivity index (χ0v) is 21.6. The van der Waals surface area contributed by atoms with Gasteiger partial charge in [-0.05, 0) is 73.6 Å². The highest BCUT2D eigenvalue weighted by molar-refractivity contribution is 5.90. The van der Waals surface area contributed by atoms with Gasteiger partial charge in [0, 0.05) is 25.2 Å². The van der Waals surface area contributed by atoms with E-state index in [1.807, 2.05) is 30.3 Å². The van der Waals surface area contributed by atoms with Gasteiger partial charge in [0.2, 0.25) is 5.91 Å². The minimum atomic E-state index is -0.852. The Kier molecular flexibility index (Phi) is 6.46. The molecule has 4 aliphatic rings. The summed E-state index contributed by atoms with van der Waals surface area (Å²) >= 11 is 0. The van der Waals surface area contributed by atoms with Crippen molar-refractivity contribution in [1.29, 1.82) is 0 Å². The first-order chi connectivity index (χ1) is 17.7. The van der Waals surface area contributed by atoms with Crippen LogP contribution in [-0.2, 0) is 37.3 Å². The number of hydrogen-bond donors (Lipinski definition) is 1. The first kappa shape index (κ1) is 25.2. The highest BCUT2D eigenvalue weighted by Crippen LogP contribution is 2.65. The lowest BCUT2D eigenvalue weighted by Gasteiger charge is -2.59. The molecule has 0 aliphatic heterocycles. The lowest BCUT2D eigenvalue weighted by Crippen LogP contribution is -2.61. The number of nitrogens with zero attached hydrogens (tertiary/aromatic N) is 1. The number of methoxy groups -OCH3 is 2. The molecule has 4 fully saturated rings. The molecular formula is C29H34N2O6. The Morgan fingerprint density at radius 1 is 1.00 bits per heavy atom. The molecule has 196 valence electrons. The summed E-state index contributed by atoms with van der Waals surface area (Å²) in [6.07, 6.45) is 6.53. The summed E-state index contributed by atoms with van der Waals surface area (Å²) < 4.78 is 11.7. The van der Waals surface area contributed by atoms with E-state index in [0.29, 0.717) is 23.8 Å². The second kappa shape index (κ2) is 9.47. The number of ether oxygens (including phenoxy) is 2. The van der Waals surface area contributed by atoms with Crippen molar-refractivity contribution >= 4 is 17.8 Å². The Morgan fingerprint density at radius 2 is 1.65 bits per heavy atom. The molecule has 4 saturated carbocycles. The third-order valence-electron chi connectivity index (χ3n) is 8.78. The molecule has 6 rings (SSSR count). The van der Waals surface area contributed by atoms with Crippen LogP contribution in [0, 0.1) is 22.7 Å². The fraction of sp³-hybridized carbons (Fsp3) is 0.517. The molecule has 8 heteroatoms. The Balaban J connectivity index is 1.35. The quantitative estimate of drug-likeness (QED) is 0.579. The predicted molar refractivity (Wildman–Crippen MR) is 136 cm³/mol. The number of rotatable bonds is 7. The molecule has 1 aromatic heterocycles. The van der Waals surface area contributed by atoms with Gasteiger partial charge in [0.1, 0.15) is 6.04 Å². The number of hydrogen-bond acceptors (Lipinski definition) is 6. The van der Waals surface area contributed by atoms with Crippen LogP contribution in [0.5, 0.6) is 0 Å². The lowest BCUT2D eigenvalue weighted by molar-refractivity contribution is -0.182. The molecule has 8 nitrogen and oxygen atoms in total. The molecule has 0 saturated heterocycles. The van der Waals surface area contributed by atoms with Crippen LogP contribution in [0.2, 0.25) is 0 Å². The number of carbonyl (C=O) groups is 3. The van der Waals surface area contributed by atoms with Crippen LogP contribution in [-0.4, -0.2) is 42.7 Å². The van der Waals surface area contributed by atoms with E-state index >= 15 is 0 Å². The van der Waals surface area contributed by atoms with Crippen molar-refractivity contribution < 1.29 is 23.9 Å². The van der Waals surface area contributed by atoms with E-state index in [9.17, 15) is 19.2 Å². The molecule has 0 spiro atoms. The van der Waals surface area contributed by atoms with E-state index in [1.54, 1.807) is 19.3 Å². The molecule has 1 heterocycles. The number of nitrogens with one attached hydrogen (secondary N) is 1. The van der Waals surface area contributed by atoms with Gasteiger partial charge in [-0.15, -0.1) is 0 Å². The summed E-state index contributed by atoms with van der Waals surface area (Å²) in [5, 5.41) is 2.99. The van der Waals surface area contributed by atoms with Crippen LogP contribution in [0.3, 0.4) is 0 Å². The van der Waals surface area contributed by atoms with Crippen LogP contribution in [0.4, 0.5) is 0 Å². The van der Waals surface area contributed by atoms with E-state index in [-0.39, 0.29) is 23.9 Å². The van der Waals surface area contributed by atoms with Crippen molar-refractivity contribution in [3.63, 3.8) is 0 Å². The highest BCUT2D eigenvalue weighted by Gasteiger charge is 2.63. The minimum Gasteiger partial charge on any atom is -0.469 e. The highest BCUT2D eigenvalue weighted by atomic mass is 16.5. The second-order valence-electron chi connectivity index (χ2n) is 11.3. The monoisotopic (exact) mass is 506 g/mol. The van der Waals surface area contributed by atoms with Gasteiger partial charge in [0.05, 0.1) is 25.0 Å². The summed E-state index contributed by atoms with van der Waals surface area (Å²) in [7, 11) is 4.44. The van der Waals surface area contributed by atoms with E-state index in [0.717, 1.165) is 43.2 Å². The van der Waals surface area contributed by atoms with Crippen molar-refractivity contribution in [2.45, 2.75) is 51.0 Å². The van der Waals surface area contributed by atoms with Gasteiger partial charge in [0.15, 0.2) is 0 Å². The maximum Gasteiger partial charge on any atom is 0.328 e. The second-order valence-corrected chi connectivity index (χ2v) is 11.3. The van der Waals surface area contributed by atoms with Crippen LogP contribution in [0.15, 0.2) is 47.4 Å². The Bertz CT molecular complexity index is 1270. The van der Waals surface area contributed by atoms with Crippen LogP contribution < -0.4 is 10.9 Å². The van der Waals surface area contributed by atoms with Gasteiger partial charge in [0.25, 0.3) is 5.56 Å². The van der Waals surface area contributed by atoms with Crippen LogP contribution in [0.1, 0.15) is 44.1 Å². The summed E-state index contributed by atoms with van der Waals surface area (Å²) in [6.45, 7) is 0. The van der Waals surface area contributed by atoms with Crippen LogP contribution >= 0.6 is 0 Å². The number of pyridine rings is 1. The van der Waals surface area contributed by atoms with Gasteiger partial charge in [-0.2, -0.15) is 0 Å². The maximum atomic E-state index is 13.8. The van der Waals surface area contributed by atoms with Crippen LogP contribution in [0.25, 0.3) is 11.1 Å². The normalized spacial score (nSPS) is 28.4. The number of aryl methyl sites for hydroxylation is 1. The van der Waals surface area contributed by atoms with Crippen molar-refractivity contribution in [3.8, 4) is 11.1 Å². The maximum absolute atomic E-state index is 13.8. The third-order valence-corrected chi connectivity index (χ3v) is 8.78. The molecule has 37 heavy (non-hydrogen) atoms. The molecule has 1 amide bonds. The number of aromatic nitrogens is 1.